The van der Waals surface area contributed by atoms with Crippen molar-refractivity contribution in [3.05, 3.63) is 35.4 Å². The molecule has 5 nitrogen and oxygen atoms in total. The molecule has 0 aliphatic heterocycles. The topological polar surface area (TPSA) is 56.7 Å². The number of amides is 1. The second-order valence-corrected chi connectivity index (χ2v) is 6.45. The Morgan fingerprint density at radius 1 is 1.22 bits per heavy atom. The molecule has 5 heteroatoms. The highest BCUT2D eigenvalue weighted by molar-refractivity contribution is 5.85. The molecule has 128 valence electrons. The van der Waals surface area contributed by atoms with E-state index in [1.165, 1.54) is 11.1 Å². The summed E-state index contributed by atoms with van der Waals surface area (Å²) in [6, 6.07) is 8.39. The van der Waals surface area contributed by atoms with Crippen molar-refractivity contribution in [3.63, 3.8) is 0 Å². The third-order valence-corrected chi connectivity index (χ3v) is 3.56. The van der Waals surface area contributed by atoms with Crippen molar-refractivity contribution in [1.29, 1.82) is 0 Å². The Labute approximate surface area is 140 Å². The molecule has 0 spiro atoms. The maximum atomic E-state index is 11.8. The number of rotatable bonds is 6. The summed E-state index contributed by atoms with van der Waals surface area (Å²) in [6.45, 7) is 9.42. The largest absolute Gasteiger partial charge is 0.356 e. The number of hydrogen-bond donors (Lipinski definition) is 2. The number of guanidine groups is 1. The van der Waals surface area contributed by atoms with E-state index in [0.717, 1.165) is 6.54 Å². The first-order valence-corrected chi connectivity index (χ1v) is 8.11. The van der Waals surface area contributed by atoms with E-state index in [4.69, 9.17) is 0 Å². The van der Waals surface area contributed by atoms with Crippen LogP contribution in [0.3, 0.4) is 0 Å². The van der Waals surface area contributed by atoms with Crippen LogP contribution < -0.4 is 10.6 Å². The normalized spacial score (nSPS) is 12.9. The molecule has 23 heavy (non-hydrogen) atoms. The Hall–Kier alpha value is -2.04. The first-order valence-electron chi connectivity index (χ1n) is 8.11. The fourth-order valence-corrected chi connectivity index (χ4v) is 2.10. The minimum absolute atomic E-state index is 0.0146. The highest BCUT2D eigenvalue weighted by Gasteiger charge is 2.11. The molecule has 0 fully saturated rings. The molecule has 1 atom stereocenters. The number of carbonyl (C=O) groups excluding carboxylic acids is 1. The fraction of sp³-hybridized carbons (Fsp3) is 0.556. The van der Waals surface area contributed by atoms with Crippen LogP contribution in [0.4, 0.5) is 0 Å². The van der Waals surface area contributed by atoms with E-state index in [2.05, 4.69) is 55.5 Å². The summed E-state index contributed by atoms with van der Waals surface area (Å²) >= 11 is 0. The van der Waals surface area contributed by atoms with E-state index in [1.54, 1.807) is 19.0 Å². The lowest BCUT2D eigenvalue weighted by atomic mass is 10.0. The van der Waals surface area contributed by atoms with E-state index in [0.29, 0.717) is 11.9 Å². The van der Waals surface area contributed by atoms with Crippen LogP contribution in [0.5, 0.6) is 0 Å². The molecule has 0 aromatic heterocycles. The number of benzene rings is 1. The summed E-state index contributed by atoms with van der Waals surface area (Å²) in [7, 11) is 3.48. The van der Waals surface area contributed by atoms with Crippen LogP contribution in [0.1, 0.15) is 37.9 Å². The van der Waals surface area contributed by atoms with Crippen molar-refractivity contribution in [2.24, 2.45) is 10.9 Å². The van der Waals surface area contributed by atoms with E-state index in [9.17, 15) is 4.79 Å². The van der Waals surface area contributed by atoms with Crippen LogP contribution >= 0.6 is 0 Å². The first kappa shape index (κ1) is 19.0. The van der Waals surface area contributed by atoms with E-state index in [-0.39, 0.29) is 18.5 Å². The lowest BCUT2D eigenvalue weighted by molar-refractivity contribution is -0.127. The van der Waals surface area contributed by atoms with Crippen LogP contribution in [-0.4, -0.2) is 44.0 Å². The molecule has 2 N–H and O–H groups in total. The molecule has 0 aliphatic carbocycles. The van der Waals surface area contributed by atoms with Crippen LogP contribution in [0.25, 0.3) is 0 Å². The molecule has 0 aliphatic rings. The molecule has 0 saturated carbocycles. The average molecular weight is 318 g/mol. The zero-order valence-electron chi connectivity index (χ0n) is 15.2. The second-order valence-electron chi connectivity index (χ2n) is 6.45. The average Bonchev–Trinajstić information content (AvgIpc) is 2.49. The molecule has 1 amide bonds. The predicted molar refractivity (Wildman–Crippen MR) is 96.6 cm³/mol. The zero-order valence-corrected chi connectivity index (χ0v) is 15.2. The first-order chi connectivity index (χ1) is 10.8. The van der Waals surface area contributed by atoms with Gasteiger partial charge in [-0.25, -0.2) is 4.99 Å². The van der Waals surface area contributed by atoms with Gasteiger partial charge in [0, 0.05) is 20.6 Å². The maximum Gasteiger partial charge on any atom is 0.243 e. The molecule has 1 rings (SSSR count). The van der Waals surface area contributed by atoms with Gasteiger partial charge < -0.3 is 15.5 Å². The molecule has 1 aromatic carbocycles. The van der Waals surface area contributed by atoms with Crippen LogP contribution in [0.15, 0.2) is 29.3 Å². The second kappa shape index (κ2) is 9.18. The van der Waals surface area contributed by atoms with Gasteiger partial charge in [-0.2, -0.15) is 0 Å². The number of carbonyl (C=O) groups is 1. The van der Waals surface area contributed by atoms with Crippen molar-refractivity contribution in [1.82, 2.24) is 15.5 Å². The van der Waals surface area contributed by atoms with Crippen LogP contribution in [0.2, 0.25) is 0 Å². The number of likely N-dealkylation sites (N-methyl/N-ethyl adjacent to an activating group) is 1. The third-order valence-electron chi connectivity index (χ3n) is 3.56. The number of nitrogens with zero attached hydrogens (tertiary/aromatic N) is 2. The Balaban J connectivity index is 2.81. The van der Waals surface area contributed by atoms with Gasteiger partial charge in [0.15, 0.2) is 5.96 Å². The monoisotopic (exact) mass is 318 g/mol. The van der Waals surface area contributed by atoms with Gasteiger partial charge in [-0.1, -0.05) is 38.1 Å². The highest BCUT2D eigenvalue weighted by atomic mass is 16.2. The Bertz CT molecular complexity index is 538. The van der Waals surface area contributed by atoms with Gasteiger partial charge in [-0.3, -0.25) is 4.79 Å². The molecule has 1 aromatic rings. The van der Waals surface area contributed by atoms with Gasteiger partial charge in [0.05, 0.1) is 6.04 Å². The summed E-state index contributed by atoms with van der Waals surface area (Å²) in [5, 5.41) is 6.69. The number of nitrogens with one attached hydrogen (secondary N) is 2. The third kappa shape index (κ3) is 6.72. The molecular weight excluding hydrogens is 288 g/mol. The molecule has 0 radical (unpaired) electrons. The standard InChI is InChI=1S/C18H30N4O/c1-13(2)11-19-18(20-12-17(23)22(5)6)21-15(4)16-10-8-7-9-14(16)3/h7-10,13,15H,11-12H2,1-6H3,(H2,19,20,21). The van der Waals surface area contributed by atoms with Crippen LogP contribution in [0, 0.1) is 12.8 Å². The fourth-order valence-electron chi connectivity index (χ4n) is 2.10. The minimum atomic E-state index is -0.0146. The van der Waals surface area contributed by atoms with Crippen molar-refractivity contribution < 1.29 is 4.79 Å². The van der Waals surface area contributed by atoms with Crippen LogP contribution in [-0.2, 0) is 4.79 Å². The predicted octanol–water partition coefficient (Wildman–Crippen LogP) is 2.34. The zero-order chi connectivity index (χ0) is 17.4. The minimum Gasteiger partial charge on any atom is -0.356 e. The quantitative estimate of drug-likeness (QED) is 0.625. The van der Waals surface area contributed by atoms with E-state index >= 15 is 0 Å². The SMILES string of the molecule is Cc1ccccc1C(C)NC(=NCC(=O)N(C)C)NCC(C)C. The summed E-state index contributed by atoms with van der Waals surface area (Å²) in [4.78, 5) is 17.7. The number of aliphatic imine (C=N–C) groups is 1. The smallest absolute Gasteiger partial charge is 0.243 e. The van der Waals surface area contributed by atoms with Crippen molar-refractivity contribution in [2.75, 3.05) is 27.2 Å². The number of aryl methyl sites for hydroxylation is 1. The van der Waals surface area contributed by atoms with Gasteiger partial charge in [-0.15, -0.1) is 0 Å². The van der Waals surface area contributed by atoms with Gasteiger partial charge >= 0.3 is 0 Å². The summed E-state index contributed by atoms with van der Waals surface area (Å²) in [5.74, 6) is 1.16. The Morgan fingerprint density at radius 2 is 1.87 bits per heavy atom. The summed E-state index contributed by atoms with van der Waals surface area (Å²) in [5.41, 5.74) is 2.46. The highest BCUT2D eigenvalue weighted by Crippen LogP contribution is 2.16. The van der Waals surface area contributed by atoms with Crippen molar-refractivity contribution >= 4 is 11.9 Å². The maximum absolute atomic E-state index is 11.8. The van der Waals surface area contributed by atoms with Gasteiger partial charge in [0.2, 0.25) is 5.91 Å². The van der Waals surface area contributed by atoms with Crippen molar-refractivity contribution in [3.8, 4) is 0 Å². The van der Waals surface area contributed by atoms with E-state index < -0.39 is 0 Å². The van der Waals surface area contributed by atoms with E-state index in [1.807, 2.05) is 12.1 Å². The lowest BCUT2D eigenvalue weighted by Gasteiger charge is -2.21. The molecule has 1 unspecified atom stereocenters. The van der Waals surface area contributed by atoms with Gasteiger partial charge in [0.25, 0.3) is 0 Å². The number of hydrogen-bond acceptors (Lipinski definition) is 2. The summed E-state index contributed by atoms with van der Waals surface area (Å²) < 4.78 is 0. The lowest BCUT2D eigenvalue weighted by Crippen LogP contribution is -2.41. The Kier molecular flexibility index (Phi) is 7.59. The summed E-state index contributed by atoms with van der Waals surface area (Å²) in [6.07, 6.45) is 0. The van der Waals surface area contributed by atoms with Gasteiger partial charge in [-0.05, 0) is 30.9 Å². The van der Waals surface area contributed by atoms with Gasteiger partial charge in [0.1, 0.15) is 6.54 Å². The molecule has 0 heterocycles. The Morgan fingerprint density at radius 3 is 2.43 bits per heavy atom. The molecule has 0 saturated heterocycles. The van der Waals surface area contributed by atoms with Crippen molar-refractivity contribution in [2.45, 2.75) is 33.7 Å². The molecular formula is C18H30N4O. The molecule has 0 bridgehead atoms.